The fourth-order valence-corrected chi connectivity index (χ4v) is 4.02. The lowest BCUT2D eigenvalue weighted by Crippen LogP contribution is -2.30. The van der Waals surface area contributed by atoms with Gasteiger partial charge < -0.3 is 4.90 Å². The van der Waals surface area contributed by atoms with E-state index in [0.717, 1.165) is 17.8 Å². The van der Waals surface area contributed by atoms with Crippen LogP contribution in [0.4, 0.5) is 5.69 Å². The van der Waals surface area contributed by atoms with Crippen LogP contribution in [0.25, 0.3) is 0 Å². The van der Waals surface area contributed by atoms with Crippen LogP contribution in [0, 0.1) is 11.8 Å². The number of rotatable bonds is 0. The molecular formula is C16H23N. The molecule has 1 saturated carbocycles. The maximum absolute atomic E-state index is 2.49. The minimum absolute atomic E-state index is 0.737. The SMILES string of the molecule is CC1c2ccccc2N(C)CC2CCCCC21. The molecule has 1 aromatic rings. The Kier molecular flexibility index (Phi) is 2.85. The van der Waals surface area contributed by atoms with Gasteiger partial charge in [0.15, 0.2) is 0 Å². The Morgan fingerprint density at radius 2 is 1.88 bits per heavy atom. The van der Waals surface area contributed by atoms with E-state index in [1.54, 1.807) is 5.56 Å². The van der Waals surface area contributed by atoms with E-state index in [2.05, 4.69) is 43.1 Å². The lowest BCUT2D eigenvalue weighted by atomic mass is 9.71. The van der Waals surface area contributed by atoms with Crippen molar-refractivity contribution in [3.63, 3.8) is 0 Å². The van der Waals surface area contributed by atoms with E-state index >= 15 is 0 Å². The van der Waals surface area contributed by atoms with Gasteiger partial charge in [-0.1, -0.05) is 38.0 Å². The summed E-state index contributed by atoms with van der Waals surface area (Å²) in [6, 6.07) is 9.01. The van der Waals surface area contributed by atoms with E-state index in [9.17, 15) is 0 Å². The smallest absolute Gasteiger partial charge is 0.0399 e. The van der Waals surface area contributed by atoms with Gasteiger partial charge in [0, 0.05) is 19.3 Å². The Morgan fingerprint density at radius 1 is 1.12 bits per heavy atom. The van der Waals surface area contributed by atoms with Gasteiger partial charge in [0.2, 0.25) is 0 Å². The van der Waals surface area contributed by atoms with Gasteiger partial charge in [0.05, 0.1) is 0 Å². The van der Waals surface area contributed by atoms with Crippen molar-refractivity contribution in [2.45, 2.75) is 38.5 Å². The van der Waals surface area contributed by atoms with Crippen LogP contribution in [0.15, 0.2) is 24.3 Å². The van der Waals surface area contributed by atoms with Crippen molar-refractivity contribution in [3.8, 4) is 0 Å². The highest BCUT2D eigenvalue weighted by Gasteiger charge is 2.34. The normalized spacial score (nSPS) is 32.6. The molecule has 3 unspecified atom stereocenters. The quantitative estimate of drug-likeness (QED) is 0.649. The first-order chi connectivity index (χ1) is 8.27. The van der Waals surface area contributed by atoms with Gasteiger partial charge in [-0.15, -0.1) is 0 Å². The first kappa shape index (κ1) is 11.1. The second-order valence-electron chi connectivity index (χ2n) is 5.94. The molecule has 1 aliphatic heterocycles. The summed E-state index contributed by atoms with van der Waals surface area (Å²) < 4.78 is 0. The molecule has 0 amide bonds. The number of hydrogen-bond donors (Lipinski definition) is 0. The molecule has 1 nitrogen and oxygen atoms in total. The number of nitrogens with zero attached hydrogens (tertiary/aromatic N) is 1. The van der Waals surface area contributed by atoms with E-state index in [-0.39, 0.29) is 0 Å². The fraction of sp³-hybridized carbons (Fsp3) is 0.625. The maximum atomic E-state index is 2.49. The Labute approximate surface area is 105 Å². The Hall–Kier alpha value is -0.980. The predicted molar refractivity (Wildman–Crippen MR) is 73.6 cm³/mol. The van der Waals surface area contributed by atoms with Crippen molar-refractivity contribution >= 4 is 5.69 Å². The average molecular weight is 229 g/mol. The zero-order valence-electron chi connectivity index (χ0n) is 11.0. The van der Waals surface area contributed by atoms with Crippen LogP contribution in [-0.4, -0.2) is 13.6 Å². The Balaban J connectivity index is 2.01. The van der Waals surface area contributed by atoms with E-state index in [0.29, 0.717) is 0 Å². The zero-order valence-corrected chi connectivity index (χ0v) is 11.0. The summed E-state index contributed by atoms with van der Waals surface area (Å²) in [6.07, 6.45) is 5.76. The molecule has 0 bridgehead atoms. The van der Waals surface area contributed by atoms with Crippen LogP contribution >= 0.6 is 0 Å². The molecule has 92 valence electrons. The zero-order chi connectivity index (χ0) is 11.8. The number of anilines is 1. The molecule has 3 atom stereocenters. The van der Waals surface area contributed by atoms with Crippen molar-refractivity contribution in [2.24, 2.45) is 11.8 Å². The second-order valence-corrected chi connectivity index (χ2v) is 5.94. The number of benzene rings is 1. The molecule has 0 N–H and O–H groups in total. The summed E-state index contributed by atoms with van der Waals surface area (Å²) in [7, 11) is 2.27. The van der Waals surface area contributed by atoms with Gasteiger partial charge in [0.25, 0.3) is 0 Å². The molecule has 1 fully saturated rings. The monoisotopic (exact) mass is 229 g/mol. The molecule has 2 aliphatic rings. The van der Waals surface area contributed by atoms with Crippen LogP contribution in [0.2, 0.25) is 0 Å². The molecule has 0 saturated heterocycles. The largest absolute Gasteiger partial charge is 0.374 e. The van der Waals surface area contributed by atoms with Gasteiger partial charge in [-0.25, -0.2) is 0 Å². The van der Waals surface area contributed by atoms with Gasteiger partial charge in [-0.2, -0.15) is 0 Å². The average Bonchev–Trinajstić information content (AvgIpc) is 2.48. The molecule has 0 spiro atoms. The van der Waals surface area contributed by atoms with Gasteiger partial charge in [-0.3, -0.25) is 0 Å². The molecule has 0 radical (unpaired) electrons. The lowest BCUT2D eigenvalue weighted by molar-refractivity contribution is 0.217. The molecule has 0 aromatic heterocycles. The van der Waals surface area contributed by atoms with Gasteiger partial charge in [0.1, 0.15) is 0 Å². The predicted octanol–water partition coefficient (Wildman–Crippen LogP) is 4.05. The molecular weight excluding hydrogens is 206 g/mol. The van der Waals surface area contributed by atoms with Gasteiger partial charge in [-0.05, 0) is 42.2 Å². The standard InChI is InChI=1S/C16H23N/c1-12-14-8-4-3-7-13(14)11-17(2)16-10-6-5-9-15(12)16/h5-6,9-10,12-14H,3-4,7-8,11H2,1-2H3. The van der Waals surface area contributed by atoms with Crippen LogP contribution in [-0.2, 0) is 0 Å². The van der Waals surface area contributed by atoms with E-state index in [1.807, 2.05) is 0 Å². The third-order valence-electron chi connectivity index (χ3n) is 4.96. The molecule has 17 heavy (non-hydrogen) atoms. The van der Waals surface area contributed by atoms with Gasteiger partial charge >= 0.3 is 0 Å². The summed E-state index contributed by atoms with van der Waals surface area (Å²) in [5, 5.41) is 0. The highest BCUT2D eigenvalue weighted by Crippen LogP contribution is 2.45. The lowest BCUT2D eigenvalue weighted by Gasteiger charge is -2.34. The summed E-state index contributed by atoms with van der Waals surface area (Å²) in [5.41, 5.74) is 3.04. The van der Waals surface area contributed by atoms with Crippen LogP contribution < -0.4 is 4.90 Å². The van der Waals surface area contributed by atoms with Crippen LogP contribution in [0.1, 0.15) is 44.1 Å². The molecule has 1 aromatic carbocycles. The van der Waals surface area contributed by atoms with E-state index in [4.69, 9.17) is 0 Å². The van der Waals surface area contributed by atoms with Crippen molar-refractivity contribution in [1.82, 2.24) is 0 Å². The second kappa shape index (κ2) is 4.36. The van der Waals surface area contributed by atoms with Crippen molar-refractivity contribution in [1.29, 1.82) is 0 Å². The first-order valence-electron chi connectivity index (χ1n) is 7.07. The molecule has 1 aliphatic carbocycles. The number of para-hydroxylation sites is 1. The Bertz CT molecular complexity index is 398. The number of hydrogen-bond acceptors (Lipinski definition) is 1. The van der Waals surface area contributed by atoms with Crippen molar-refractivity contribution in [2.75, 3.05) is 18.5 Å². The maximum Gasteiger partial charge on any atom is 0.0399 e. The highest BCUT2D eigenvalue weighted by atomic mass is 15.1. The topological polar surface area (TPSA) is 3.24 Å². The minimum Gasteiger partial charge on any atom is -0.374 e. The molecule has 1 heteroatoms. The van der Waals surface area contributed by atoms with Crippen molar-refractivity contribution in [3.05, 3.63) is 29.8 Å². The third-order valence-corrected chi connectivity index (χ3v) is 4.96. The summed E-state index contributed by atoms with van der Waals surface area (Å²) in [5.74, 6) is 2.56. The van der Waals surface area contributed by atoms with E-state index in [1.165, 1.54) is 37.9 Å². The number of fused-ring (bicyclic) bond motifs is 2. The minimum atomic E-state index is 0.737. The summed E-state index contributed by atoms with van der Waals surface area (Å²) in [6.45, 7) is 3.70. The summed E-state index contributed by atoms with van der Waals surface area (Å²) in [4.78, 5) is 2.49. The van der Waals surface area contributed by atoms with Crippen LogP contribution in [0.3, 0.4) is 0 Å². The molecule has 1 heterocycles. The molecule has 3 rings (SSSR count). The van der Waals surface area contributed by atoms with E-state index < -0.39 is 0 Å². The Morgan fingerprint density at radius 3 is 2.76 bits per heavy atom. The van der Waals surface area contributed by atoms with Crippen LogP contribution in [0.5, 0.6) is 0 Å². The third kappa shape index (κ3) is 1.86. The highest BCUT2D eigenvalue weighted by molar-refractivity contribution is 5.55. The first-order valence-corrected chi connectivity index (χ1v) is 7.07. The fourth-order valence-electron chi connectivity index (χ4n) is 4.02. The van der Waals surface area contributed by atoms with Crippen molar-refractivity contribution < 1.29 is 0 Å². The summed E-state index contributed by atoms with van der Waals surface area (Å²) >= 11 is 0.